The second-order valence-electron chi connectivity index (χ2n) is 28.4. The first-order valence-corrected chi connectivity index (χ1v) is 39.2. The van der Waals surface area contributed by atoms with Crippen molar-refractivity contribution in [2.75, 3.05) is 95.1 Å². The molecule has 111 heavy (non-hydrogen) atoms. The van der Waals surface area contributed by atoms with Crippen LogP contribution in [0, 0.1) is 17.5 Å². The van der Waals surface area contributed by atoms with Gasteiger partial charge < -0.3 is 57.9 Å². The monoisotopic (exact) mass is 1600 g/mol. The van der Waals surface area contributed by atoms with Crippen molar-refractivity contribution in [1.29, 1.82) is 0 Å². The quantitative estimate of drug-likeness (QED) is 0.0321. The minimum atomic E-state index is -4.19. The number of hydrogen-bond acceptors (Lipinski definition) is 24. The number of amides is 4. The second-order valence-corrected chi connectivity index (χ2v) is 33.1. The van der Waals surface area contributed by atoms with Crippen LogP contribution < -0.4 is 62.3 Å². The smallest absolute Gasteiger partial charge is 0.493 e. The minimum absolute atomic E-state index is 0. The van der Waals surface area contributed by atoms with Gasteiger partial charge >= 0.3 is 26.5 Å². The lowest BCUT2D eigenvalue weighted by molar-refractivity contribution is -0.511. The number of nitrogens with zero attached hydrogens (tertiary/aromatic N) is 11. The number of hydrogen-bond donors (Lipinski definition) is 9. The lowest BCUT2D eigenvalue weighted by Gasteiger charge is -2.34. The van der Waals surface area contributed by atoms with Crippen LogP contribution in [-0.4, -0.2) is 178 Å². The van der Waals surface area contributed by atoms with E-state index in [-0.39, 0.29) is 105 Å². The van der Waals surface area contributed by atoms with E-state index < -0.39 is 88.3 Å². The Balaban J connectivity index is 0.000000235. The van der Waals surface area contributed by atoms with Gasteiger partial charge in [-0.25, -0.2) is 57.7 Å². The summed E-state index contributed by atoms with van der Waals surface area (Å²) >= 11 is 0. The first-order valence-electron chi connectivity index (χ1n) is 34.9. The van der Waals surface area contributed by atoms with E-state index in [1.807, 2.05) is 29.8 Å². The SMILES string of the molecule is C.CC(C)(C)OC(=O)NS(=O)(=O)N1CCCC(CNC(=O)c2nccnc2N)(c2cccc(F)c2)CC1.CN(C)c1cc[n+](S(=O)(=O)N=C([O-])OC(C)(C)C)cc1.Nc1nccnc1C(=O)NCC1(c2cccc(F)c2)CCCN(S(N)(=O)=O)CC1.Nc1nccnc1C(=O)NCC1(c2cccc(F)c2)CCCNCC1. The van der Waals surface area contributed by atoms with Gasteiger partial charge in [-0.05, 0) is 145 Å². The van der Waals surface area contributed by atoms with Crippen molar-refractivity contribution >= 4 is 83.7 Å². The van der Waals surface area contributed by atoms with Crippen molar-refractivity contribution in [3.63, 3.8) is 0 Å². The van der Waals surface area contributed by atoms with Gasteiger partial charge in [-0.3, -0.25) is 14.4 Å². The number of nitrogens with two attached hydrogens (primary N) is 4. The Labute approximate surface area is 645 Å². The van der Waals surface area contributed by atoms with Gasteiger partial charge in [0.15, 0.2) is 53.0 Å². The van der Waals surface area contributed by atoms with Crippen LogP contribution in [0.3, 0.4) is 0 Å². The zero-order valence-corrected chi connectivity index (χ0v) is 64.8. The predicted octanol–water partition coefficient (Wildman–Crippen LogP) is 4.62. The molecule has 39 heteroatoms. The average Bonchev–Trinajstić information content (AvgIpc) is 1.69. The Morgan fingerprint density at radius 1 is 0.559 bits per heavy atom. The van der Waals surface area contributed by atoms with E-state index in [0.29, 0.717) is 49.8 Å². The Morgan fingerprint density at radius 2 is 0.937 bits per heavy atom. The van der Waals surface area contributed by atoms with Gasteiger partial charge in [-0.2, -0.15) is 25.4 Å². The molecule has 33 nitrogen and oxygen atoms in total. The molecular weight excluding hydrogens is 1510 g/mol. The van der Waals surface area contributed by atoms with E-state index in [9.17, 15) is 62.7 Å². The number of aromatic nitrogens is 7. The minimum Gasteiger partial charge on any atom is -0.594 e. The lowest BCUT2D eigenvalue weighted by Crippen LogP contribution is -2.46. The first kappa shape index (κ1) is 89.6. The normalized spacial score (nSPS) is 18.7. The molecule has 0 spiro atoms. The Morgan fingerprint density at radius 3 is 1.32 bits per heavy atom. The van der Waals surface area contributed by atoms with Crippen molar-refractivity contribution in [1.82, 2.24) is 64.5 Å². The van der Waals surface area contributed by atoms with E-state index in [2.05, 4.69) is 55.6 Å². The summed E-state index contributed by atoms with van der Waals surface area (Å²) in [5.41, 5.74) is 16.9. The molecule has 0 bridgehead atoms. The van der Waals surface area contributed by atoms with Gasteiger partial charge in [0, 0.05) is 137 Å². The van der Waals surface area contributed by atoms with E-state index >= 15 is 0 Å². The van der Waals surface area contributed by atoms with Crippen LogP contribution >= 0.6 is 0 Å². The van der Waals surface area contributed by atoms with Crippen molar-refractivity contribution in [3.05, 3.63) is 186 Å². The number of halogens is 3. The fraction of sp³-hybridized carbons (Fsp3) is 0.444. The number of ether oxygens (including phenoxy) is 2. The number of rotatable bonds is 18. The van der Waals surface area contributed by atoms with E-state index in [0.717, 1.165) is 51.9 Å². The van der Waals surface area contributed by atoms with Crippen LogP contribution in [0.2, 0.25) is 0 Å². The lowest BCUT2D eigenvalue weighted by atomic mass is 9.74. The molecule has 3 saturated heterocycles. The molecular formula is C72H99F3N20O13S3. The van der Waals surface area contributed by atoms with Gasteiger partial charge in [0.25, 0.3) is 27.9 Å². The zero-order valence-electron chi connectivity index (χ0n) is 62.3. The largest absolute Gasteiger partial charge is 0.594 e. The second kappa shape index (κ2) is 39.0. The van der Waals surface area contributed by atoms with Crippen molar-refractivity contribution < 1.29 is 76.2 Å². The summed E-state index contributed by atoms with van der Waals surface area (Å²) in [4.78, 5) is 75.2. The maximum atomic E-state index is 14.2. The van der Waals surface area contributed by atoms with Gasteiger partial charge in [0.2, 0.25) is 0 Å². The maximum absolute atomic E-state index is 14.2. The highest BCUT2D eigenvalue weighted by molar-refractivity contribution is 7.87. The van der Waals surface area contributed by atoms with Crippen LogP contribution in [0.5, 0.6) is 0 Å². The molecule has 3 atom stereocenters. The van der Waals surface area contributed by atoms with E-state index in [1.165, 1.54) is 84.2 Å². The van der Waals surface area contributed by atoms with Crippen LogP contribution in [0.25, 0.3) is 0 Å². The third kappa shape index (κ3) is 26.4. The highest BCUT2D eigenvalue weighted by Crippen LogP contribution is 2.39. The summed E-state index contributed by atoms with van der Waals surface area (Å²) in [5, 5.41) is 28.6. The van der Waals surface area contributed by atoms with Gasteiger partial charge in [-0.15, -0.1) is 8.42 Å². The maximum Gasteiger partial charge on any atom is 0.493 e. The highest BCUT2D eigenvalue weighted by atomic mass is 32.2. The van der Waals surface area contributed by atoms with Gasteiger partial charge in [-0.1, -0.05) is 73.0 Å². The predicted molar refractivity (Wildman–Crippen MR) is 410 cm³/mol. The van der Waals surface area contributed by atoms with Crippen molar-refractivity contribution in [2.24, 2.45) is 9.54 Å². The standard InChI is InChI=1S/C23H31FN6O5S.C18H23FN6O3S.C18H22FN5O.C12H19N3O4S.CH4/c1-22(2,3)35-21(32)29-36(33,34)30-12-5-8-23(9-13-30,16-6-4-7-17(24)14-16)15-28-20(31)18-19(25)27-11-10-26-18;19-14-4-1-3-13(11-14)18(5-2-9-25(10-6-18)29(21,27)28)12-24-17(26)15-16(20)23-8-7-22-15;19-14-4-1-3-13(11-14)18(5-2-7-21-8-6-18)12-24-17(25)15-16(20)23-10-9-22-15;1-12(2,3)19-11(16)13-20(17,18)15-8-6-10(7-9-15)14(4)5;/h4,6-7,10-11,14H,5,8-9,12-13,15H2,1-3H3,(H2,25,27)(H,28,31)(H,29,32);1,3-4,7-8,11H,2,5-6,9-10,12H2,(H2,20,23)(H,24,26)(H2,21,27,28);1,3-4,9-11,21H,2,5-8,12H2,(H2,20,23)(H,24,25);6-9H,1-5H3;1H4. The first-order chi connectivity index (χ1) is 51.6. The zero-order chi connectivity index (χ0) is 80.9. The Bertz CT molecular complexity index is 4710. The van der Waals surface area contributed by atoms with Crippen LogP contribution in [0.4, 0.5) is 41.1 Å². The van der Waals surface area contributed by atoms with Crippen LogP contribution in [-0.2, 0) is 56.3 Å². The fourth-order valence-corrected chi connectivity index (χ4v) is 15.0. The molecule has 0 radical (unpaired) electrons. The molecule has 3 aromatic carbocycles. The number of nitrogen functional groups attached to an aromatic ring is 3. The molecule has 7 aromatic rings. The molecule has 3 fully saturated rings. The number of carbonyl (C=O) groups is 4. The molecule has 4 aromatic heterocycles. The average molecular weight is 1610 g/mol. The van der Waals surface area contributed by atoms with Crippen LogP contribution in [0.15, 0.2) is 139 Å². The van der Waals surface area contributed by atoms with Gasteiger partial charge in [0.05, 0.1) is 0 Å². The Hall–Kier alpha value is -10.3. The highest BCUT2D eigenvalue weighted by Gasteiger charge is 2.41. The Kier molecular flexibility index (Phi) is 31.5. The van der Waals surface area contributed by atoms with Crippen molar-refractivity contribution in [2.45, 2.75) is 134 Å². The third-order valence-electron chi connectivity index (χ3n) is 18.0. The molecule has 10 rings (SSSR count). The number of pyridine rings is 1. The molecule has 0 saturated carbocycles. The molecule has 4 amide bonds. The molecule has 3 aliphatic rings. The van der Waals surface area contributed by atoms with E-state index in [4.69, 9.17) is 31.8 Å². The molecule has 13 N–H and O–H groups in total. The molecule has 3 unspecified atom stereocenters. The number of carbonyl (C=O) groups excluding carboxylic acids is 4. The van der Waals surface area contributed by atoms with Gasteiger partial charge in [0.1, 0.15) is 23.1 Å². The molecule has 3 aliphatic heterocycles. The van der Waals surface area contributed by atoms with Crippen molar-refractivity contribution in [3.8, 4) is 0 Å². The fourth-order valence-electron chi connectivity index (χ4n) is 12.4. The number of nitrogens with one attached hydrogen (secondary N) is 5. The summed E-state index contributed by atoms with van der Waals surface area (Å²) < 4.78 is 133. The molecule has 7 heterocycles. The summed E-state index contributed by atoms with van der Waals surface area (Å²) in [6.45, 7) is 12.7. The number of benzene rings is 3. The summed E-state index contributed by atoms with van der Waals surface area (Å²) in [6, 6.07) is 22.0. The number of anilines is 4. The summed E-state index contributed by atoms with van der Waals surface area (Å²) in [7, 11) is -8.48. The topological polar surface area (TPSA) is 480 Å². The van der Waals surface area contributed by atoms with Crippen LogP contribution in [0.1, 0.15) is 155 Å². The molecule has 604 valence electrons. The summed E-state index contributed by atoms with van der Waals surface area (Å²) in [6.07, 6.45) is 13.9. The molecule has 0 aliphatic carbocycles. The summed E-state index contributed by atoms with van der Waals surface area (Å²) in [5.74, 6) is -2.45. The van der Waals surface area contributed by atoms with E-state index in [1.54, 1.807) is 90.1 Å². The third-order valence-corrected chi connectivity index (χ3v) is 21.7.